The zero-order chi connectivity index (χ0) is 21.7. The predicted octanol–water partition coefficient (Wildman–Crippen LogP) is 3.23. The summed E-state index contributed by atoms with van der Waals surface area (Å²) in [5, 5.41) is 10.1. The van der Waals surface area contributed by atoms with Gasteiger partial charge in [0.2, 0.25) is 0 Å². The molecule has 2 N–H and O–H groups in total. The third kappa shape index (κ3) is 6.59. The number of benzene rings is 1. The van der Waals surface area contributed by atoms with Crippen molar-refractivity contribution < 1.29 is 12.9 Å². The number of guanidine groups is 1. The Bertz CT molecular complexity index is 924. The highest BCUT2D eigenvalue weighted by Gasteiger charge is 2.18. The fourth-order valence-electron chi connectivity index (χ4n) is 2.66. The fourth-order valence-corrected chi connectivity index (χ4v) is 3.82. The maximum Gasteiger partial charge on any atom is 0.191 e. The van der Waals surface area contributed by atoms with Crippen LogP contribution < -0.4 is 10.6 Å². The minimum absolute atomic E-state index is 0.0124. The Balaban J connectivity index is 1.87. The number of nitrogens with zero attached hydrogens (tertiary/aromatic N) is 2. The molecule has 0 amide bonds. The minimum atomic E-state index is -3.37. The van der Waals surface area contributed by atoms with E-state index < -0.39 is 9.84 Å². The molecular weight excluding hydrogens is 388 g/mol. The monoisotopic (exact) mass is 420 g/mol. The van der Waals surface area contributed by atoms with Gasteiger partial charge in [-0.25, -0.2) is 8.42 Å². The quantitative estimate of drug-likeness (QED) is 0.527. The van der Waals surface area contributed by atoms with Gasteiger partial charge in [0.25, 0.3) is 0 Å². The van der Waals surface area contributed by atoms with Crippen molar-refractivity contribution in [2.75, 3.05) is 19.3 Å². The van der Waals surface area contributed by atoms with Gasteiger partial charge >= 0.3 is 0 Å². The molecule has 0 atom stereocenters. The summed E-state index contributed by atoms with van der Waals surface area (Å²) in [5.41, 5.74) is 1.99. The van der Waals surface area contributed by atoms with Crippen molar-refractivity contribution in [3.05, 3.63) is 47.3 Å². The first-order chi connectivity index (χ1) is 13.5. The summed E-state index contributed by atoms with van der Waals surface area (Å²) >= 11 is 0. The van der Waals surface area contributed by atoms with Gasteiger partial charge in [0.05, 0.1) is 22.9 Å². The van der Waals surface area contributed by atoms with Gasteiger partial charge in [-0.15, -0.1) is 0 Å². The normalized spacial score (nSPS) is 13.0. The molecule has 2 rings (SSSR count). The van der Waals surface area contributed by atoms with E-state index in [0.717, 1.165) is 11.3 Å². The lowest BCUT2D eigenvalue weighted by atomic mass is 9.87. The highest BCUT2D eigenvalue weighted by molar-refractivity contribution is 7.91. The fraction of sp³-hybridized carbons (Fsp3) is 0.524. The van der Waals surface area contributed by atoms with E-state index in [9.17, 15) is 8.42 Å². The van der Waals surface area contributed by atoms with Crippen molar-refractivity contribution in [2.45, 2.75) is 57.4 Å². The smallest absolute Gasteiger partial charge is 0.191 e. The van der Waals surface area contributed by atoms with Crippen LogP contribution in [0.1, 0.15) is 57.6 Å². The van der Waals surface area contributed by atoms with Gasteiger partial charge in [0, 0.05) is 19.7 Å². The summed E-state index contributed by atoms with van der Waals surface area (Å²) in [6.45, 7) is 11.1. The molecule has 0 aliphatic carbocycles. The van der Waals surface area contributed by atoms with Crippen LogP contribution in [0, 0.1) is 0 Å². The van der Waals surface area contributed by atoms with E-state index in [1.807, 2.05) is 32.0 Å². The van der Waals surface area contributed by atoms with Crippen LogP contribution in [0.5, 0.6) is 0 Å². The van der Waals surface area contributed by atoms with E-state index in [1.165, 1.54) is 0 Å². The van der Waals surface area contributed by atoms with Crippen LogP contribution in [-0.4, -0.2) is 38.9 Å². The Morgan fingerprint density at radius 2 is 1.83 bits per heavy atom. The van der Waals surface area contributed by atoms with Crippen LogP contribution in [0.25, 0.3) is 0 Å². The number of nitrogens with one attached hydrogen (secondary N) is 2. The van der Waals surface area contributed by atoms with Crippen LogP contribution >= 0.6 is 0 Å². The maximum atomic E-state index is 12.6. The average Bonchev–Trinajstić information content (AvgIpc) is 3.13. The molecule has 29 heavy (non-hydrogen) atoms. The Kier molecular flexibility index (Phi) is 7.46. The van der Waals surface area contributed by atoms with Crippen molar-refractivity contribution in [2.24, 2.45) is 4.99 Å². The molecular formula is C21H32N4O3S. The average molecular weight is 421 g/mol. The zero-order valence-electron chi connectivity index (χ0n) is 18.1. The molecule has 0 saturated carbocycles. The van der Waals surface area contributed by atoms with E-state index in [1.54, 1.807) is 19.2 Å². The lowest BCUT2D eigenvalue weighted by Gasteiger charge is -2.19. The molecule has 1 heterocycles. The molecule has 0 aliphatic rings. The van der Waals surface area contributed by atoms with Gasteiger partial charge in [0.15, 0.2) is 21.6 Å². The number of aliphatic imine (C=N–C) groups is 1. The van der Waals surface area contributed by atoms with Gasteiger partial charge in [-0.2, -0.15) is 0 Å². The minimum Gasteiger partial charge on any atom is -0.359 e. The first-order valence-corrected chi connectivity index (χ1v) is 11.4. The molecule has 8 heteroatoms. The lowest BCUT2D eigenvalue weighted by molar-refractivity contribution is 0.372. The largest absolute Gasteiger partial charge is 0.359 e. The maximum absolute atomic E-state index is 12.6. The Labute approximate surface area is 173 Å². The third-order valence-electron chi connectivity index (χ3n) is 4.57. The molecule has 7 nitrogen and oxygen atoms in total. The van der Waals surface area contributed by atoms with Gasteiger partial charge < -0.3 is 15.2 Å². The summed E-state index contributed by atoms with van der Waals surface area (Å²) in [6.07, 6.45) is 0. The summed E-state index contributed by atoms with van der Waals surface area (Å²) in [5.74, 6) is 1.48. The van der Waals surface area contributed by atoms with Gasteiger partial charge in [-0.3, -0.25) is 4.99 Å². The molecule has 0 saturated heterocycles. The van der Waals surface area contributed by atoms with E-state index in [-0.39, 0.29) is 17.7 Å². The number of rotatable bonds is 7. The lowest BCUT2D eigenvalue weighted by Crippen LogP contribution is -2.39. The Morgan fingerprint density at radius 3 is 2.34 bits per heavy atom. The summed E-state index contributed by atoms with van der Waals surface area (Å²) in [7, 11) is -1.74. The molecule has 0 unspecified atom stereocenters. The van der Waals surface area contributed by atoms with E-state index in [4.69, 9.17) is 4.52 Å². The van der Waals surface area contributed by atoms with Crippen molar-refractivity contribution in [1.82, 2.24) is 15.8 Å². The number of hydrogen-bond acceptors (Lipinski definition) is 5. The standard InChI is InChI=1S/C21H32N4O3S/c1-15(2)19-13-17(28-25-19)14-24-20(22-6)23-11-12-29(26,27)18-9-7-16(8-10-18)21(3,4)5/h7-10,13,15H,11-12,14H2,1-6H3,(H2,22,23,24). The Hall–Kier alpha value is -2.35. The summed E-state index contributed by atoms with van der Waals surface area (Å²) in [4.78, 5) is 4.45. The first kappa shape index (κ1) is 22.9. The van der Waals surface area contributed by atoms with Crippen LogP contribution in [0.15, 0.2) is 44.7 Å². The molecule has 1 aromatic carbocycles. The molecule has 0 radical (unpaired) electrons. The molecule has 0 fully saturated rings. The SMILES string of the molecule is CN=C(NCCS(=O)(=O)c1ccc(C(C)(C)C)cc1)NCc1cc(C(C)C)no1. The van der Waals surface area contributed by atoms with E-state index in [2.05, 4.69) is 41.6 Å². The van der Waals surface area contributed by atoms with Gasteiger partial charge in [-0.1, -0.05) is 51.9 Å². The highest BCUT2D eigenvalue weighted by Crippen LogP contribution is 2.23. The van der Waals surface area contributed by atoms with Crippen LogP contribution in [0.2, 0.25) is 0 Å². The second kappa shape index (κ2) is 9.43. The van der Waals surface area contributed by atoms with E-state index >= 15 is 0 Å². The van der Waals surface area contributed by atoms with Crippen LogP contribution in [0.4, 0.5) is 0 Å². The van der Waals surface area contributed by atoms with Gasteiger partial charge in [-0.05, 0) is 29.0 Å². The summed E-state index contributed by atoms with van der Waals surface area (Å²) in [6, 6.07) is 9.02. The second-order valence-corrected chi connectivity index (χ2v) is 10.4. The number of sulfone groups is 1. The molecule has 0 aliphatic heterocycles. The zero-order valence-corrected chi connectivity index (χ0v) is 18.9. The Morgan fingerprint density at radius 1 is 1.17 bits per heavy atom. The van der Waals surface area contributed by atoms with Crippen molar-refractivity contribution >= 4 is 15.8 Å². The van der Waals surface area contributed by atoms with Gasteiger partial charge in [0.1, 0.15) is 0 Å². The van der Waals surface area contributed by atoms with Crippen molar-refractivity contribution in [3.8, 4) is 0 Å². The predicted molar refractivity (Wildman–Crippen MR) is 116 cm³/mol. The molecule has 1 aromatic heterocycles. The van der Waals surface area contributed by atoms with Crippen molar-refractivity contribution in [3.63, 3.8) is 0 Å². The summed E-state index contributed by atoms with van der Waals surface area (Å²) < 4.78 is 30.5. The van der Waals surface area contributed by atoms with Crippen LogP contribution in [0.3, 0.4) is 0 Å². The first-order valence-electron chi connectivity index (χ1n) is 9.76. The number of hydrogen-bond donors (Lipinski definition) is 2. The molecule has 0 bridgehead atoms. The second-order valence-electron chi connectivity index (χ2n) is 8.32. The molecule has 0 spiro atoms. The highest BCUT2D eigenvalue weighted by atomic mass is 32.2. The third-order valence-corrected chi connectivity index (χ3v) is 6.30. The molecule has 160 valence electrons. The van der Waals surface area contributed by atoms with E-state index in [0.29, 0.717) is 29.1 Å². The van der Waals surface area contributed by atoms with Crippen LogP contribution in [-0.2, 0) is 21.8 Å². The van der Waals surface area contributed by atoms with Crippen molar-refractivity contribution in [1.29, 1.82) is 0 Å². The molecule has 2 aromatic rings. The number of aromatic nitrogens is 1. The topological polar surface area (TPSA) is 96.6 Å².